The molecule has 29 heavy (non-hydrogen) atoms. The maximum Gasteiger partial charge on any atom is 0.387 e. The number of nitrogens with zero attached hydrogens (tertiary/aromatic N) is 3. The Balaban J connectivity index is 1.91. The SMILES string of the molecule is N#Cc1c(-c2ccccc2)nc(NN=Cc2cc(F)ccc2OC(F)F)[nH]c1=O. The Labute approximate surface area is 162 Å². The number of halogens is 3. The first-order chi connectivity index (χ1) is 14.0. The number of rotatable bonds is 6. The second kappa shape index (κ2) is 8.71. The van der Waals surface area contributed by atoms with Crippen molar-refractivity contribution in [3.63, 3.8) is 0 Å². The van der Waals surface area contributed by atoms with Gasteiger partial charge in [-0.05, 0) is 18.2 Å². The van der Waals surface area contributed by atoms with Gasteiger partial charge in [-0.1, -0.05) is 30.3 Å². The zero-order chi connectivity index (χ0) is 20.8. The van der Waals surface area contributed by atoms with E-state index in [0.29, 0.717) is 5.56 Å². The molecular formula is C19H12F3N5O2. The Hall–Kier alpha value is -4.13. The highest BCUT2D eigenvalue weighted by Crippen LogP contribution is 2.21. The van der Waals surface area contributed by atoms with E-state index in [0.717, 1.165) is 24.4 Å². The van der Waals surface area contributed by atoms with Crippen molar-refractivity contribution in [3.8, 4) is 23.1 Å². The van der Waals surface area contributed by atoms with Crippen molar-refractivity contribution < 1.29 is 17.9 Å². The van der Waals surface area contributed by atoms with Crippen LogP contribution in [-0.4, -0.2) is 22.8 Å². The van der Waals surface area contributed by atoms with Gasteiger partial charge in [0, 0.05) is 11.1 Å². The molecule has 0 fully saturated rings. The minimum atomic E-state index is -3.09. The highest BCUT2D eigenvalue weighted by Gasteiger charge is 2.13. The number of hydrazone groups is 1. The van der Waals surface area contributed by atoms with E-state index in [2.05, 4.69) is 25.2 Å². The van der Waals surface area contributed by atoms with Crippen LogP contribution in [0.1, 0.15) is 11.1 Å². The summed E-state index contributed by atoms with van der Waals surface area (Å²) in [4.78, 5) is 18.7. The molecule has 0 saturated heterocycles. The predicted molar refractivity (Wildman–Crippen MR) is 99.3 cm³/mol. The van der Waals surface area contributed by atoms with Crippen LogP contribution in [0.25, 0.3) is 11.3 Å². The van der Waals surface area contributed by atoms with E-state index in [4.69, 9.17) is 0 Å². The summed E-state index contributed by atoms with van der Waals surface area (Å²) in [5.41, 5.74) is 2.18. The molecule has 2 aromatic carbocycles. The summed E-state index contributed by atoms with van der Waals surface area (Å²) in [7, 11) is 0. The summed E-state index contributed by atoms with van der Waals surface area (Å²) in [6, 6.07) is 13.3. The number of ether oxygens (including phenoxy) is 1. The van der Waals surface area contributed by atoms with E-state index in [-0.39, 0.29) is 28.5 Å². The molecule has 3 rings (SSSR count). The molecule has 0 aliphatic rings. The number of alkyl halides is 2. The fraction of sp³-hybridized carbons (Fsp3) is 0.0526. The summed E-state index contributed by atoms with van der Waals surface area (Å²) in [5.74, 6) is -1.06. The second-order valence-corrected chi connectivity index (χ2v) is 5.55. The molecule has 2 N–H and O–H groups in total. The van der Waals surface area contributed by atoms with Crippen molar-refractivity contribution >= 4 is 12.2 Å². The van der Waals surface area contributed by atoms with Gasteiger partial charge in [-0.3, -0.25) is 9.78 Å². The predicted octanol–water partition coefficient (Wildman–Crippen LogP) is 3.50. The first-order valence-corrected chi connectivity index (χ1v) is 8.11. The minimum Gasteiger partial charge on any atom is -0.434 e. The summed E-state index contributed by atoms with van der Waals surface area (Å²) >= 11 is 0. The number of aromatic nitrogens is 2. The second-order valence-electron chi connectivity index (χ2n) is 5.55. The molecule has 146 valence electrons. The molecule has 0 atom stereocenters. The largest absolute Gasteiger partial charge is 0.434 e. The van der Waals surface area contributed by atoms with Gasteiger partial charge in [0.05, 0.1) is 11.9 Å². The van der Waals surface area contributed by atoms with Crippen molar-refractivity contribution in [2.75, 3.05) is 5.43 Å². The molecule has 0 aliphatic carbocycles. The molecule has 1 heterocycles. The average Bonchev–Trinajstić information content (AvgIpc) is 2.70. The lowest BCUT2D eigenvalue weighted by atomic mass is 10.1. The van der Waals surface area contributed by atoms with Gasteiger partial charge in [0.25, 0.3) is 5.56 Å². The Morgan fingerprint density at radius 3 is 2.69 bits per heavy atom. The van der Waals surface area contributed by atoms with Crippen LogP contribution in [-0.2, 0) is 0 Å². The standard InChI is InChI=1S/C19H12F3N5O2/c20-13-6-7-15(29-18(21)22)12(8-13)10-24-27-19-25-16(11-4-2-1-3-5-11)14(9-23)17(28)26-19/h1-8,10,18H,(H2,25,26,27,28). The first kappa shape index (κ1) is 19.6. The third kappa shape index (κ3) is 4.78. The molecular weight excluding hydrogens is 387 g/mol. The van der Waals surface area contributed by atoms with E-state index in [9.17, 15) is 23.2 Å². The monoisotopic (exact) mass is 399 g/mol. The zero-order valence-electron chi connectivity index (χ0n) is 14.6. The van der Waals surface area contributed by atoms with E-state index >= 15 is 0 Å². The Kier molecular flexibility index (Phi) is 5.89. The fourth-order valence-corrected chi connectivity index (χ4v) is 2.42. The van der Waals surface area contributed by atoms with Gasteiger partial charge in [-0.15, -0.1) is 0 Å². The number of benzene rings is 2. The topological polar surface area (TPSA) is 103 Å². The number of hydrogen-bond acceptors (Lipinski definition) is 6. The van der Waals surface area contributed by atoms with Gasteiger partial charge in [-0.2, -0.15) is 19.1 Å². The Morgan fingerprint density at radius 1 is 1.24 bits per heavy atom. The maximum absolute atomic E-state index is 13.4. The van der Waals surface area contributed by atoms with Crippen LogP contribution in [0.3, 0.4) is 0 Å². The van der Waals surface area contributed by atoms with Gasteiger partial charge in [0.15, 0.2) is 0 Å². The smallest absolute Gasteiger partial charge is 0.387 e. The highest BCUT2D eigenvalue weighted by molar-refractivity contribution is 5.84. The van der Waals surface area contributed by atoms with E-state index in [1.807, 2.05) is 0 Å². The number of nitriles is 1. The van der Waals surface area contributed by atoms with Crippen molar-refractivity contribution in [2.45, 2.75) is 6.61 Å². The lowest BCUT2D eigenvalue weighted by Crippen LogP contribution is -2.16. The fourth-order valence-electron chi connectivity index (χ4n) is 2.42. The maximum atomic E-state index is 13.4. The molecule has 0 bridgehead atoms. The van der Waals surface area contributed by atoms with Gasteiger partial charge in [0.1, 0.15) is 23.2 Å². The van der Waals surface area contributed by atoms with Crippen LogP contribution in [0.2, 0.25) is 0 Å². The van der Waals surface area contributed by atoms with Crippen LogP contribution < -0.4 is 15.7 Å². The molecule has 7 nitrogen and oxygen atoms in total. The van der Waals surface area contributed by atoms with Gasteiger partial charge < -0.3 is 4.74 Å². The number of aromatic amines is 1. The molecule has 0 saturated carbocycles. The van der Waals surface area contributed by atoms with Gasteiger partial charge in [0.2, 0.25) is 5.95 Å². The molecule has 1 aromatic heterocycles. The minimum absolute atomic E-state index is 0.0583. The van der Waals surface area contributed by atoms with E-state index in [1.54, 1.807) is 36.4 Å². The van der Waals surface area contributed by atoms with Crippen molar-refractivity contribution in [3.05, 3.63) is 75.8 Å². The van der Waals surface area contributed by atoms with E-state index in [1.165, 1.54) is 0 Å². The van der Waals surface area contributed by atoms with Gasteiger partial charge in [-0.25, -0.2) is 14.8 Å². The Bertz CT molecular complexity index is 1140. The average molecular weight is 399 g/mol. The van der Waals surface area contributed by atoms with Crippen LogP contribution in [0.4, 0.5) is 19.1 Å². The van der Waals surface area contributed by atoms with Crippen molar-refractivity contribution in [1.82, 2.24) is 9.97 Å². The number of anilines is 1. The molecule has 0 unspecified atom stereocenters. The van der Waals surface area contributed by atoms with Crippen molar-refractivity contribution in [2.24, 2.45) is 5.10 Å². The molecule has 10 heteroatoms. The summed E-state index contributed by atoms with van der Waals surface area (Å²) in [6.07, 6.45) is 1.03. The number of hydrogen-bond donors (Lipinski definition) is 2. The van der Waals surface area contributed by atoms with Crippen LogP contribution in [0.15, 0.2) is 58.4 Å². The molecule has 3 aromatic rings. The summed E-state index contributed by atoms with van der Waals surface area (Å²) in [6.45, 7) is -3.09. The zero-order valence-corrected chi connectivity index (χ0v) is 14.6. The highest BCUT2D eigenvalue weighted by atomic mass is 19.3. The molecule has 0 aliphatic heterocycles. The van der Waals surface area contributed by atoms with Crippen LogP contribution >= 0.6 is 0 Å². The lowest BCUT2D eigenvalue weighted by Gasteiger charge is -2.08. The summed E-state index contributed by atoms with van der Waals surface area (Å²) < 4.78 is 42.6. The summed E-state index contributed by atoms with van der Waals surface area (Å²) in [5, 5.41) is 13.0. The number of nitrogens with one attached hydrogen (secondary N) is 2. The quantitative estimate of drug-likeness (QED) is 0.488. The third-order valence-corrected chi connectivity index (χ3v) is 3.64. The van der Waals surface area contributed by atoms with Crippen LogP contribution in [0, 0.1) is 17.1 Å². The third-order valence-electron chi connectivity index (χ3n) is 3.64. The molecule has 0 spiro atoms. The van der Waals surface area contributed by atoms with E-state index < -0.39 is 18.0 Å². The first-order valence-electron chi connectivity index (χ1n) is 8.11. The molecule has 0 radical (unpaired) electrons. The van der Waals surface area contributed by atoms with Crippen LogP contribution in [0.5, 0.6) is 5.75 Å². The Morgan fingerprint density at radius 2 is 2.00 bits per heavy atom. The molecule has 0 amide bonds. The normalized spacial score (nSPS) is 10.9. The van der Waals surface area contributed by atoms with Crippen molar-refractivity contribution in [1.29, 1.82) is 5.26 Å². The van der Waals surface area contributed by atoms with Gasteiger partial charge >= 0.3 is 6.61 Å². The lowest BCUT2D eigenvalue weighted by molar-refractivity contribution is -0.0499. The number of H-pyrrole nitrogens is 1.